The summed E-state index contributed by atoms with van der Waals surface area (Å²) in [5.41, 5.74) is 0.411. The van der Waals surface area contributed by atoms with Gasteiger partial charge in [-0.3, -0.25) is 10.1 Å². The summed E-state index contributed by atoms with van der Waals surface area (Å²) in [6.45, 7) is 7.42. The summed E-state index contributed by atoms with van der Waals surface area (Å²) < 4.78 is 0. The highest BCUT2D eigenvalue weighted by molar-refractivity contribution is 5.62. The third-order valence-corrected chi connectivity index (χ3v) is 3.31. The fourth-order valence-corrected chi connectivity index (χ4v) is 2.12. The molecular weight excluding hydrogens is 270 g/mol. The molecule has 7 nitrogen and oxygen atoms in total. The van der Waals surface area contributed by atoms with E-state index in [0.717, 1.165) is 38.8 Å². The number of aromatic nitrogens is 2. The Labute approximate surface area is 125 Å². The van der Waals surface area contributed by atoms with Crippen LogP contribution >= 0.6 is 0 Å². The van der Waals surface area contributed by atoms with Gasteiger partial charge < -0.3 is 10.2 Å². The van der Waals surface area contributed by atoms with E-state index in [0.29, 0.717) is 17.5 Å². The molecule has 1 N–H and O–H groups in total. The first-order valence-electron chi connectivity index (χ1n) is 7.50. The van der Waals surface area contributed by atoms with Crippen LogP contribution in [0.3, 0.4) is 0 Å². The molecule has 0 radical (unpaired) electrons. The second-order valence-electron chi connectivity index (χ2n) is 5.01. The molecule has 0 aliphatic heterocycles. The van der Waals surface area contributed by atoms with E-state index in [1.165, 1.54) is 0 Å². The molecule has 1 heterocycles. The Balaban J connectivity index is 3.24. The van der Waals surface area contributed by atoms with E-state index in [2.05, 4.69) is 29.1 Å². The van der Waals surface area contributed by atoms with Crippen molar-refractivity contribution in [2.24, 2.45) is 0 Å². The molecule has 0 aliphatic rings. The second kappa shape index (κ2) is 8.39. The molecule has 0 fully saturated rings. The van der Waals surface area contributed by atoms with Gasteiger partial charge in [-0.1, -0.05) is 26.7 Å². The molecule has 0 aromatic carbocycles. The molecule has 0 bridgehead atoms. The Hall–Kier alpha value is -1.92. The molecule has 0 amide bonds. The van der Waals surface area contributed by atoms with Gasteiger partial charge in [0.05, 0.1) is 4.92 Å². The summed E-state index contributed by atoms with van der Waals surface area (Å²) in [5.74, 6) is 0.852. The van der Waals surface area contributed by atoms with Crippen LogP contribution in [0.1, 0.15) is 45.2 Å². The summed E-state index contributed by atoms with van der Waals surface area (Å²) in [7, 11) is 1.72. The Bertz CT molecular complexity index is 471. The normalized spacial score (nSPS) is 10.5. The van der Waals surface area contributed by atoms with Gasteiger partial charge >= 0.3 is 5.69 Å². The minimum atomic E-state index is -0.380. The Morgan fingerprint density at radius 3 is 2.19 bits per heavy atom. The molecule has 118 valence electrons. The van der Waals surface area contributed by atoms with Crippen molar-refractivity contribution >= 4 is 17.5 Å². The Morgan fingerprint density at radius 2 is 1.76 bits per heavy atom. The van der Waals surface area contributed by atoms with Gasteiger partial charge in [-0.25, -0.2) is 4.98 Å². The van der Waals surface area contributed by atoms with Crippen molar-refractivity contribution < 1.29 is 4.92 Å². The van der Waals surface area contributed by atoms with Gasteiger partial charge in [0.15, 0.2) is 0 Å². The summed E-state index contributed by atoms with van der Waals surface area (Å²) in [6.07, 6.45) is 4.05. The molecule has 21 heavy (non-hydrogen) atoms. The van der Waals surface area contributed by atoms with Gasteiger partial charge in [-0.05, 0) is 19.8 Å². The molecule has 0 saturated carbocycles. The monoisotopic (exact) mass is 295 g/mol. The number of nitrogens with zero attached hydrogens (tertiary/aromatic N) is 4. The molecule has 1 aromatic heterocycles. The molecule has 0 unspecified atom stereocenters. The smallest absolute Gasteiger partial charge is 0.332 e. The van der Waals surface area contributed by atoms with E-state index in [4.69, 9.17) is 0 Å². The predicted octanol–water partition coefficient (Wildman–Crippen LogP) is 3.14. The third kappa shape index (κ3) is 4.54. The van der Waals surface area contributed by atoms with Crippen LogP contribution in [0, 0.1) is 17.0 Å². The second-order valence-corrected chi connectivity index (χ2v) is 5.01. The first kappa shape index (κ1) is 17.1. The summed E-state index contributed by atoms with van der Waals surface area (Å²) in [5, 5.41) is 14.2. The maximum atomic E-state index is 11.4. The number of hydrogen-bond donors (Lipinski definition) is 1. The van der Waals surface area contributed by atoms with Crippen LogP contribution in [0.2, 0.25) is 0 Å². The lowest BCUT2D eigenvalue weighted by molar-refractivity contribution is -0.385. The number of nitro groups is 1. The number of aryl methyl sites for hydroxylation is 1. The highest BCUT2D eigenvalue weighted by atomic mass is 16.6. The topological polar surface area (TPSA) is 84.2 Å². The summed E-state index contributed by atoms with van der Waals surface area (Å²) in [4.78, 5) is 21.5. The van der Waals surface area contributed by atoms with Gasteiger partial charge in [0.2, 0.25) is 11.8 Å². The first-order valence-corrected chi connectivity index (χ1v) is 7.50. The van der Waals surface area contributed by atoms with Gasteiger partial charge in [0.1, 0.15) is 5.69 Å². The Morgan fingerprint density at radius 1 is 1.19 bits per heavy atom. The van der Waals surface area contributed by atoms with E-state index in [-0.39, 0.29) is 10.6 Å². The van der Waals surface area contributed by atoms with Crippen LogP contribution in [0.15, 0.2) is 0 Å². The molecule has 0 atom stereocenters. The number of anilines is 2. The van der Waals surface area contributed by atoms with Crippen molar-refractivity contribution in [3.63, 3.8) is 0 Å². The number of hydrogen-bond acceptors (Lipinski definition) is 6. The van der Waals surface area contributed by atoms with Gasteiger partial charge in [0.25, 0.3) is 0 Å². The highest BCUT2D eigenvalue weighted by Gasteiger charge is 2.25. The summed E-state index contributed by atoms with van der Waals surface area (Å²) in [6, 6.07) is 0. The van der Waals surface area contributed by atoms with Crippen molar-refractivity contribution in [2.45, 2.75) is 46.5 Å². The zero-order valence-corrected chi connectivity index (χ0v) is 13.3. The Kier molecular flexibility index (Phi) is 6.84. The van der Waals surface area contributed by atoms with Crippen molar-refractivity contribution in [1.29, 1.82) is 0 Å². The SMILES string of the molecule is CCCCN(CCCC)c1nc(NC)nc(C)c1[N+](=O)[O-]. The predicted molar refractivity (Wildman–Crippen MR) is 85.0 cm³/mol. The van der Waals surface area contributed by atoms with Gasteiger partial charge in [-0.15, -0.1) is 0 Å². The highest BCUT2D eigenvalue weighted by Crippen LogP contribution is 2.30. The van der Waals surface area contributed by atoms with Crippen LogP contribution in [0.5, 0.6) is 0 Å². The standard InChI is InChI=1S/C14H25N5O2/c1-5-7-9-18(10-8-6-2)13-12(19(20)21)11(3)16-14(15-4)17-13/h5-10H2,1-4H3,(H,15,16,17). The molecule has 7 heteroatoms. The van der Waals surface area contributed by atoms with E-state index in [9.17, 15) is 10.1 Å². The zero-order chi connectivity index (χ0) is 15.8. The largest absolute Gasteiger partial charge is 0.357 e. The zero-order valence-electron chi connectivity index (χ0n) is 13.3. The van der Waals surface area contributed by atoms with Gasteiger partial charge in [0, 0.05) is 20.1 Å². The average Bonchev–Trinajstić information content (AvgIpc) is 2.46. The van der Waals surface area contributed by atoms with Crippen molar-refractivity contribution in [2.75, 3.05) is 30.4 Å². The fraction of sp³-hybridized carbons (Fsp3) is 0.714. The van der Waals surface area contributed by atoms with E-state index in [1.807, 2.05) is 4.90 Å². The minimum Gasteiger partial charge on any atom is -0.357 e. The number of unbranched alkanes of at least 4 members (excludes halogenated alkanes) is 2. The number of rotatable bonds is 9. The van der Waals surface area contributed by atoms with Crippen molar-refractivity contribution in [1.82, 2.24) is 9.97 Å². The van der Waals surface area contributed by atoms with Crippen LogP contribution in [0.25, 0.3) is 0 Å². The summed E-state index contributed by atoms with van der Waals surface area (Å²) >= 11 is 0. The molecular formula is C14H25N5O2. The molecule has 0 spiro atoms. The van der Waals surface area contributed by atoms with E-state index < -0.39 is 0 Å². The quantitative estimate of drug-likeness (QED) is 0.556. The third-order valence-electron chi connectivity index (χ3n) is 3.31. The van der Waals surface area contributed by atoms with Crippen molar-refractivity contribution in [3.05, 3.63) is 15.8 Å². The van der Waals surface area contributed by atoms with Gasteiger partial charge in [-0.2, -0.15) is 4.98 Å². The van der Waals surface area contributed by atoms with Crippen LogP contribution < -0.4 is 10.2 Å². The van der Waals surface area contributed by atoms with E-state index >= 15 is 0 Å². The van der Waals surface area contributed by atoms with E-state index in [1.54, 1.807) is 14.0 Å². The molecule has 1 rings (SSSR count). The lowest BCUT2D eigenvalue weighted by Gasteiger charge is -2.23. The molecule has 0 aliphatic carbocycles. The maximum absolute atomic E-state index is 11.4. The average molecular weight is 295 g/mol. The van der Waals surface area contributed by atoms with Crippen LogP contribution in [-0.2, 0) is 0 Å². The lowest BCUT2D eigenvalue weighted by Crippen LogP contribution is -2.28. The molecule has 1 aromatic rings. The van der Waals surface area contributed by atoms with Crippen LogP contribution in [0.4, 0.5) is 17.5 Å². The maximum Gasteiger partial charge on any atom is 0.332 e. The number of nitrogens with one attached hydrogen (secondary N) is 1. The van der Waals surface area contributed by atoms with Crippen molar-refractivity contribution in [3.8, 4) is 0 Å². The lowest BCUT2D eigenvalue weighted by atomic mass is 10.2. The fourth-order valence-electron chi connectivity index (χ4n) is 2.12. The first-order chi connectivity index (χ1) is 10.0. The van der Waals surface area contributed by atoms with Crippen LogP contribution in [-0.4, -0.2) is 35.0 Å². The minimum absolute atomic E-state index is 0.0150. The molecule has 0 saturated heterocycles.